The quantitative estimate of drug-likeness (QED) is 0.592. The van der Waals surface area contributed by atoms with E-state index in [-0.39, 0.29) is 5.02 Å². The second kappa shape index (κ2) is 4.83. The van der Waals surface area contributed by atoms with Gasteiger partial charge in [0.1, 0.15) is 11.7 Å². The zero-order chi connectivity index (χ0) is 11.5. The van der Waals surface area contributed by atoms with Gasteiger partial charge >= 0.3 is 0 Å². The lowest BCUT2D eigenvalue weighted by atomic mass is 10.1. The Hall–Kier alpha value is -1.09. The van der Waals surface area contributed by atoms with Gasteiger partial charge in [0.15, 0.2) is 0 Å². The molecule has 86 valence electrons. The van der Waals surface area contributed by atoms with Crippen LogP contribution in [0.2, 0.25) is 5.02 Å². The molecule has 1 aromatic carbocycles. The molecule has 1 aromatic rings. The van der Waals surface area contributed by atoms with Crippen LogP contribution in [-0.4, -0.2) is 23.8 Å². The van der Waals surface area contributed by atoms with Crippen molar-refractivity contribution in [3.63, 3.8) is 0 Å². The highest BCUT2D eigenvalue weighted by Crippen LogP contribution is 2.19. The van der Waals surface area contributed by atoms with E-state index in [0.717, 1.165) is 25.9 Å². The molecule has 0 saturated carbocycles. The van der Waals surface area contributed by atoms with Crippen LogP contribution in [0.5, 0.6) is 0 Å². The summed E-state index contributed by atoms with van der Waals surface area (Å²) in [4.78, 5) is 2.02. The fraction of sp³-hybridized carbons (Fsp3) is 0.417. The molecule has 0 bridgehead atoms. The van der Waals surface area contributed by atoms with Crippen molar-refractivity contribution in [3.8, 4) is 0 Å². The van der Waals surface area contributed by atoms with Crippen LogP contribution >= 0.6 is 11.6 Å². The van der Waals surface area contributed by atoms with Gasteiger partial charge in [-0.25, -0.2) is 4.39 Å². The molecule has 0 atom stereocenters. The molecule has 1 aliphatic heterocycles. The van der Waals surface area contributed by atoms with Crippen molar-refractivity contribution in [1.29, 1.82) is 5.41 Å². The third kappa shape index (κ3) is 2.35. The van der Waals surface area contributed by atoms with Crippen LogP contribution < -0.4 is 0 Å². The number of nitrogens with one attached hydrogen (secondary N) is 1. The van der Waals surface area contributed by atoms with Gasteiger partial charge in [-0.15, -0.1) is 0 Å². The van der Waals surface area contributed by atoms with Gasteiger partial charge in [-0.3, -0.25) is 5.41 Å². The minimum absolute atomic E-state index is 0.0826. The number of benzene rings is 1. The molecule has 1 N–H and O–H groups in total. The summed E-state index contributed by atoms with van der Waals surface area (Å²) in [5.74, 6) is 0.0125. The van der Waals surface area contributed by atoms with Crippen LogP contribution in [0.3, 0.4) is 0 Å². The maximum Gasteiger partial charge on any atom is 0.141 e. The molecule has 4 heteroatoms. The van der Waals surface area contributed by atoms with E-state index in [1.165, 1.54) is 18.6 Å². The fourth-order valence-electron chi connectivity index (χ4n) is 1.94. The van der Waals surface area contributed by atoms with E-state index < -0.39 is 5.82 Å². The van der Waals surface area contributed by atoms with E-state index in [4.69, 9.17) is 17.0 Å². The van der Waals surface area contributed by atoms with Crippen molar-refractivity contribution in [2.75, 3.05) is 13.1 Å². The molecule has 16 heavy (non-hydrogen) atoms. The number of hydrogen-bond acceptors (Lipinski definition) is 1. The summed E-state index contributed by atoms with van der Waals surface area (Å²) >= 11 is 5.71. The zero-order valence-electron chi connectivity index (χ0n) is 8.97. The normalized spacial score (nSPS) is 16.2. The summed E-state index contributed by atoms with van der Waals surface area (Å²) in [6, 6.07) is 4.45. The molecule has 1 fully saturated rings. The van der Waals surface area contributed by atoms with Gasteiger partial charge in [0.2, 0.25) is 0 Å². The third-order valence-electron chi connectivity index (χ3n) is 2.87. The molecule has 1 saturated heterocycles. The lowest BCUT2D eigenvalue weighted by Crippen LogP contribution is -2.35. The first-order valence-electron chi connectivity index (χ1n) is 5.47. The summed E-state index contributed by atoms with van der Waals surface area (Å²) in [5.41, 5.74) is 0.688. The van der Waals surface area contributed by atoms with Gasteiger partial charge in [-0.2, -0.15) is 0 Å². The van der Waals surface area contributed by atoms with Gasteiger partial charge in [-0.1, -0.05) is 11.6 Å². The third-order valence-corrected chi connectivity index (χ3v) is 3.15. The Morgan fingerprint density at radius 3 is 2.56 bits per heavy atom. The van der Waals surface area contributed by atoms with Crippen molar-refractivity contribution < 1.29 is 4.39 Å². The molecule has 0 spiro atoms. The molecule has 0 amide bonds. The summed E-state index contributed by atoms with van der Waals surface area (Å²) in [6.45, 7) is 1.82. The second-order valence-corrected chi connectivity index (χ2v) is 4.43. The Bertz CT molecular complexity index is 400. The van der Waals surface area contributed by atoms with Gasteiger partial charge in [0.25, 0.3) is 0 Å². The summed E-state index contributed by atoms with van der Waals surface area (Å²) in [6.07, 6.45) is 3.47. The van der Waals surface area contributed by atoms with Crippen LogP contribution in [0, 0.1) is 11.2 Å². The van der Waals surface area contributed by atoms with E-state index in [9.17, 15) is 4.39 Å². The number of nitrogens with zero attached hydrogens (tertiary/aromatic N) is 1. The molecule has 2 rings (SSSR count). The molecular weight excluding hydrogens is 227 g/mol. The van der Waals surface area contributed by atoms with E-state index in [1.807, 2.05) is 4.90 Å². The van der Waals surface area contributed by atoms with Crippen LogP contribution in [0.4, 0.5) is 4.39 Å². The maximum absolute atomic E-state index is 13.0. The first-order chi connectivity index (χ1) is 7.68. The van der Waals surface area contributed by atoms with Gasteiger partial charge in [-0.05, 0) is 37.5 Å². The lowest BCUT2D eigenvalue weighted by molar-refractivity contribution is 0.341. The van der Waals surface area contributed by atoms with E-state index in [0.29, 0.717) is 11.4 Å². The maximum atomic E-state index is 13.0. The number of amidine groups is 1. The number of piperidine rings is 1. The monoisotopic (exact) mass is 240 g/mol. The largest absolute Gasteiger partial charge is 0.357 e. The molecular formula is C12H14ClFN2. The van der Waals surface area contributed by atoms with E-state index in [1.54, 1.807) is 6.07 Å². The SMILES string of the molecule is N=C(c1ccc(F)c(Cl)c1)N1CCCCC1. The number of halogens is 2. The first kappa shape index (κ1) is 11.4. The highest BCUT2D eigenvalue weighted by Gasteiger charge is 2.15. The second-order valence-electron chi connectivity index (χ2n) is 4.03. The molecule has 0 aromatic heterocycles. The highest BCUT2D eigenvalue weighted by molar-refractivity contribution is 6.31. The molecule has 2 nitrogen and oxygen atoms in total. The summed E-state index contributed by atoms with van der Waals surface area (Å²) < 4.78 is 13.0. The Morgan fingerprint density at radius 1 is 1.25 bits per heavy atom. The van der Waals surface area contributed by atoms with Crippen molar-refractivity contribution in [3.05, 3.63) is 34.6 Å². The summed E-state index contributed by atoms with van der Waals surface area (Å²) in [7, 11) is 0. The van der Waals surface area contributed by atoms with Crippen molar-refractivity contribution >= 4 is 17.4 Å². The minimum atomic E-state index is -0.433. The predicted molar refractivity (Wildman–Crippen MR) is 63.7 cm³/mol. The molecule has 1 aliphatic rings. The van der Waals surface area contributed by atoms with E-state index in [2.05, 4.69) is 0 Å². The Morgan fingerprint density at radius 2 is 1.94 bits per heavy atom. The van der Waals surface area contributed by atoms with Crippen LogP contribution in [-0.2, 0) is 0 Å². The minimum Gasteiger partial charge on any atom is -0.357 e. The summed E-state index contributed by atoms with van der Waals surface area (Å²) in [5, 5.41) is 8.12. The van der Waals surface area contributed by atoms with E-state index >= 15 is 0 Å². The molecule has 0 aliphatic carbocycles. The number of likely N-dealkylation sites (tertiary alicyclic amines) is 1. The molecule has 0 radical (unpaired) electrons. The average Bonchev–Trinajstić information content (AvgIpc) is 2.33. The smallest absolute Gasteiger partial charge is 0.141 e. The highest BCUT2D eigenvalue weighted by atomic mass is 35.5. The number of hydrogen-bond donors (Lipinski definition) is 1. The number of rotatable bonds is 1. The molecule has 1 heterocycles. The van der Waals surface area contributed by atoms with Crippen LogP contribution in [0.15, 0.2) is 18.2 Å². The van der Waals surface area contributed by atoms with Crippen LogP contribution in [0.25, 0.3) is 0 Å². The fourth-order valence-corrected chi connectivity index (χ4v) is 2.12. The lowest BCUT2D eigenvalue weighted by Gasteiger charge is -2.29. The van der Waals surface area contributed by atoms with Crippen LogP contribution in [0.1, 0.15) is 24.8 Å². The van der Waals surface area contributed by atoms with Gasteiger partial charge in [0, 0.05) is 18.7 Å². The Balaban J connectivity index is 2.16. The first-order valence-corrected chi connectivity index (χ1v) is 5.85. The van der Waals surface area contributed by atoms with Crippen molar-refractivity contribution in [2.45, 2.75) is 19.3 Å². The topological polar surface area (TPSA) is 27.1 Å². The Labute approximate surface area is 99.5 Å². The average molecular weight is 241 g/mol. The predicted octanol–water partition coefficient (Wildman–Crippen LogP) is 3.29. The molecule has 0 unspecified atom stereocenters. The standard InChI is InChI=1S/C12H14ClFN2/c13-10-8-9(4-5-11(10)14)12(15)16-6-2-1-3-7-16/h4-5,8,15H,1-3,6-7H2. The van der Waals surface area contributed by atoms with Crippen molar-refractivity contribution in [2.24, 2.45) is 0 Å². The Kier molecular flexibility index (Phi) is 3.44. The van der Waals surface area contributed by atoms with Crippen molar-refractivity contribution in [1.82, 2.24) is 4.90 Å². The zero-order valence-corrected chi connectivity index (χ0v) is 9.73. The van der Waals surface area contributed by atoms with Gasteiger partial charge in [0.05, 0.1) is 5.02 Å². The van der Waals surface area contributed by atoms with Gasteiger partial charge < -0.3 is 4.90 Å².